The van der Waals surface area contributed by atoms with Crippen LogP contribution in [-0.4, -0.2) is 37.2 Å². The summed E-state index contributed by atoms with van der Waals surface area (Å²) < 4.78 is 10.6. The molecule has 0 aromatic heterocycles. The van der Waals surface area contributed by atoms with Crippen LogP contribution in [0.15, 0.2) is 54.6 Å². The number of amides is 1. The smallest absolute Gasteiger partial charge is 0.341 e. The third-order valence-corrected chi connectivity index (χ3v) is 4.15. The van der Waals surface area contributed by atoms with Crippen LogP contribution in [0, 0.1) is 0 Å². The molecular formula is C20H23NO5. The maximum absolute atomic E-state index is 12.6. The molecule has 2 aromatic rings. The van der Waals surface area contributed by atoms with E-state index in [0.29, 0.717) is 18.7 Å². The molecule has 1 amide bonds. The van der Waals surface area contributed by atoms with E-state index in [1.165, 1.54) is 7.11 Å². The third kappa shape index (κ3) is 5.07. The Labute approximate surface area is 152 Å². The molecule has 138 valence electrons. The van der Waals surface area contributed by atoms with E-state index in [1.807, 2.05) is 42.5 Å². The minimum Gasteiger partial charge on any atom is -0.482 e. The van der Waals surface area contributed by atoms with Gasteiger partial charge in [-0.3, -0.25) is 4.79 Å². The largest absolute Gasteiger partial charge is 0.482 e. The van der Waals surface area contributed by atoms with Crippen molar-refractivity contribution in [1.29, 1.82) is 0 Å². The molecular weight excluding hydrogens is 334 g/mol. The molecule has 0 radical (unpaired) electrons. The molecule has 0 aliphatic heterocycles. The summed E-state index contributed by atoms with van der Waals surface area (Å²) in [5, 5.41) is 11.5. The Balaban J connectivity index is 1.88. The summed E-state index contributed by atoms with van der Waals surface area (Å²) in [4.78, 5) is 23.1. The molecule has 0 fully saturated rings. The fraction of sp³-hybridized carbons (Fsp3) is 0.300. The molecule has 0 bridgehead atoms. The lowest BCUT2D eigenvalue weighted by Crippen LogP contribution is -2.44. The number of benzene rings is 2. The number of ether oxygens (including phenoxy) is 2. The van der Waals surface area contributed by atoms with Gasteiger partial charge in [0.15, 0.2) is 12.2 Å². The van der Waals surface area contributed by atoms with Crippen LogP contribution in [0.5, 0.6) is 5.75 Å². The molecule has 1 atom stereocenters. The van der Waals surface area contributed by atoms with E-state index < -0.39 is 11.6 Å². The maximum Gasteiger partial charge on any atom is 0.341 e. The summed E-state index contributed by atoms with van der Waals surface area (Å²) in [6, 6.07) is 16.5. The predicted octanol–water partition coefficient (Wildman–Crippen LogP) is 2.37. The van der Waals surface area contributed by atoms with Crippen molar-refractivity contribution in [2.24, 2.45) is 0 Å². The average molecular weight is 357 g/mol. The Kier molecular flexibility index (Phi) is 6.74. The highest BCUT2D eigenvalue weighted by molar-refractivity contribution is 5.86. The predicted molar refractivity (Wildman–Crippen MR) is 97.1 cm³/mol. The highest BCUT2D eigenvalue weighted by Crippen LogP contribution is 2.24. The zero-order valence-electron chi connectivity index (χ0n) is 14.9. The van der Waals surface area contributed by atoms with Crippen LogP contribution in [0.3, 0.4) is 0 Å². The Hall–Kier alpha value is -2.86. The topological polar surface area (TPSA) is 84.9 Å². The number of carbonyl (C=O) groups is 2. The number of carboxylic acids is 1. The van der Waals surface area contributed by atoms with Gasteiger partial charge in [0, 0.05) is 13.7 Å². The highest BCUT2D eigenvalue weighted by Gasteiger charge is 2.34. The first-order chi connectivity index (χ1) is 12.5. The molecule has 6 nitrogen and oxygen atoms in total. The molecule has 1 unspecified atom stereocenters. The monoisotopic (exact) mass is 357 g/mol. The molecule has 0 heterocycles. The lowest BCUT2D eigenvalue weighted by atomic mass is 9.94. The van der Waals surface area contributed by atoms with Crippen LogP contribution in [-0.2, 0) is 26.3 Å². The molecule has 0 spiro atoms. The van der Waals surface area contributed by atoms with Crippen molar-refractivity contribution in [1.82, 2.24) is 5.32 Å². The molecule has 0 aliphatic carbocycles. The minimum absolute atomic E-state index is 0.201. The van der Waals surface area contributed by atoms with Crippen molar-refractivity contribution in [3.8, 4) is 5.75 Å². The van der Waals surface area contributed by atoms with Crippen LogP contribution >= 0.6 is 0 Å². The zero-order valence-corrected chi connectivity index (χ0v) is 14.9. The van der Waals surface area contributed by atoms with E-state index in [-0.39, 0.29) is 12.5 Å². The van der Waals surface area contributed by atoms with Crippen molar-refractivity contribution < 1.29 is 24.2 Å². The van der Waals surface area contributed by atoms with Crippen LogP contribution in [0.25, 0.3) is 0 Å². The second-order valence-electron chi connectivity index (χ2n) is 5.94. The summed E-state index contributed by atoms with van der Waals surface area (Å²) in [7, 11) is 1.52. The molecule has 6 heteroatoms. The van der Waals surface area contributed by atoms with Gasteiger partial charge in [0.1, 0.15) is 5.75 Å². The van der Waals surface area contributed by atoms with Crippen LogP contribution in [0.1, 0.15) is 18.1 Å². The first-order valence-electron chi connectivity index (χ1n) is 8.28. The summed E-state index contributed by atoms with van der Waals surface area (Å²) >= 11 is 0. The number of rotatable bonds is 9. The first kappa shape index (κ1) is 19.5. The van der Waals surface area contributed by atoms with Crippen molar-refractivity contribution in [3.63, 3.8) is 0 Å². The summed E-state index contributed by atoms with van der Waals surface area (Å²) in [6.07, 6.45) is 0.638. The Morgan fingerprint density at radius 2 is 1.73 bits per heavy atom. The number of carbonyl (C=O) groups excluding carboxylic acids is 1. The minimum atomic E-state index is -1.05. The third-order valence-electron chi connectivity index (χ3n) is 4.15. The van der Waals surface area contributed by atoms with E-state index in [1.54, 1.807) is 19.1 Å². The number of aliphatic carboxylic acids is 1. The van der Waals surface area contributed by atoms with Gasteiger partial charge in [0.2, 0.25) is 0 Å². The second kappa shape index (κ2) is 9.01. The Morgan fingerprint density at radius 3 is 2.31 bits per heavy atom. The number of hydrogen-bond donors (Lipinski definition) is 2. The van der Waals surface area contributed by atoms with Gasteiger partial charge in [-0.25, -0.2) is 4.79 Å². The van der Waals surface area contributed by atoms with Gasteiger partial charge in [0.25, 0.3) is 5.91 Å². The van der Waals surface area contributed by atoms with E-state index in [9.17, 15) is 9.59 Å². The summed E-state index contributed by atoms with van der Waals surface area (Å²) in [5.41, 5.74) is 0.752. The lowest BCUT2D eigenvalue weighted by molar-refractivity contribution is -0.142. The fourth-order valence-electron chi connectivity index (χ4n) is 2.48. The Bertz CT molecular complexity index is 730. The molecule has 0 aliphatic rings. The van der Waals surface area contributed by atoms with Crippen LogP contribution < -0.4 is 10.1 Å². The zero-order chi connectivity index (χ0) is 19.0. The quantitative estimate of drug-likeness (QED) is 0.720. The van der Waals surface area contributed by atoms with Gasteiger partial charge >= 0.3 is 5.97 Å². The van der Waals surface area contributed by atoms with Gasteiger partial charge in [0.05, 0.1) is 0 Å². The van der Waals surface area contributed by atoms with E-state index in [4.69, 9.17) is 14.6 Å². The number of carboxylic acid groups (broad SMARTS) is 1. The fourth-order valence-corrected chi connectivity index (χ4v) is 2.48. The molecule has 0 saturated carbocycles. The van der Waals surface area contributed by atoms with Crippen molar-refractivity contribution in [2.75, 3.05) is 20.3 Å². The van der Waals surface area contributed by atoms with Gasteiger partial charge < -0.3 is 19.9 Å². The number of methoxy groups -OCH3 is 1. The van der Waals surface area contributed by atoms with Gasteiger partial charge in [-0.05, 0) is 36.6 Å². The van der Waals surface area contributed by atoms with Gasteiger partial charge in [-0.1, -0.05) is 42.5 Å². The molecule has 2 N–H and O–H groups in total. The average Bonchev–Trinajstić information content (AvgIpc) is 2.67. The van der Waals surface area contributed by atoms with Crippen molar-refractivity contribution in [3.05, 3.63) is 65.7 Å². The van der Waals surface area contributed by atoms with Crippen molar-refractivity contribution >= 4 is 11.9 Å². The van der Waals surface area contributed by atoms with Crippen LogP contribution in [0.2, 0.25) is 0 Å². The first-order valence-corrected chi connectivity index (χ1v) is 8.28. The molecule has 2 aromatic carbocycles. The second-order valence-corrected chi connectivity index (χ2v) is 5.94. The molecule has 26 heavy (non-hydrogen) atoms. The summed E-state index contributed by atoms with van der Waals surface area (Å²) in [6.45, 7) is 1.83. The van der Waals surface area contributed by atoms with E-state index in [2.05, 4.69) is 5.32 Å². The Morgan fingerprint density at radius 1 is 1.08 bits per heavy atom. The molecule has 0 saturated heterocycles. The van der Waals surface area contributed by atoms with Gasteiger partial charge in [-0.15, -0.1) is 0 Å². The lowest BCUT2D eigenvalue weighted by Gasteiger charge is -2.27. The highest BCUT2D eigenvalue weighted by atomic mass is 16.5. The van der Waals surface area contributed by atoms with Crippen LogP contribution in [0.4, 0.5) is 0 Å². The standard InChI is InChI=1S/C20H23NO5/c1-20(25-2,16-6-4-3-5-7-16)19(24)21-13-12-15-8-10-17(11-9-15)26-14-18(22)23/h3-11H,12-14H2,1-2H3,(H,21,24)(H,22,23). The number of nitrogens with one attached hydrogen (secondary N) is 1. The number of hydrogen-bond acceptors (Lipinski definition) is 4. The normalized spacial score (nSPS) is 12.8. The van der Waals surface area contributed by atoms with E-state index >= 15 is 0 Å². The molecule has 2 rings (SSSR count). The summed E-state index contributed by atoms with van der Waals surface area (Å²) in [5.74, 6) is -0.722. The SMILES string of the molecule is COC(C)(C(=O)NCCc1ccc(OCC(=O)O)cc1)c1ccccc1. The van der Waals surface area contributed by atoms with Crippen molar-refractivity contribution in [2.45, 2.75) is 18.9 Å². The van der Waals surface area contributed by atoms with E-state index in [0.717, 1.165) is 11.1 Å². The van der Waals surface area contributed by atoms with Gasteiger partial charge in [-0.2, -0.15) is 0 Å². The maximum atomic E-state index is 12.6.